The molecule has 3 heterocycles. The van der Waals surface area contributed by atoms with E-state index in [1.165, 1.54) is 4.90 Å². The number of hydrogen-bond acceptors (Lipinski definition) is 6. The van der Waals surface area contributed by atoms with E-state index in [2.05, 4.69) is 6.58 Å². The van der Waals surface area contributed by atoms with Gasteiger partial charge in [-0.3, -0.25) is 14.4 Å². The number of nitrogens with zero attached hydrogens (tertiary/aromatic N) is 2. The Bertz CT molecular complexity index is 1330. The van der Waals surface area contributed by atoms with Gasteiger partial charge in [0.1, 0.15) is 17.6 Å². The van der Waals surface area contributed by atoms with Crippen molar-refractivity contribution in [1.29, 1.82) is 0 Å². The topological polar surface area (TPSA) is 96.4 Å². The third-order valence-electron chi connectivity index (χ3n) is 8.94. The lowest BCUT2D eigenvalue weighted by atomic mass is 9.66. The summed E-state index contributed by atoms with van der Waals surface area (Å²) in [5.74, 6) is -3.06. The molecule has 2 unspecified atom stereocenters. The van der Waals surface area contributed by atoms with Gasteiger partial charge in [-0.1, -0.05) is 60.1 Å². The summed E-state index contributed by atoms with van der Waals surface area (Å²) in [6, 6.07) is 13.1. The molecule has 3 fully saturated rings. The highest BCUT2D eigenvalue weighted by atomic mass is 35.5. The van der Waals surface area contributed by atoms with Gasteiger partial charge in [-0.25, -0.2) is 0 Å². The molecular formula is C32H37ClN2O6. The van der Waals surface area contributed by atoms with Gasteiger partial charge in [-0.05, 0) is 57.2 Å². The quantitative estimate of drug-likeness (QED) is 0.336. The van der Waals surface area contributed by atoms with Crippen molar-refractivity contribution in [3.8, 4) is 0 Å². The van der Waals surface area contributed by atoms with Crippen molar-refractivity contribution >= 4 is 35.1 Å². The van der Waals surface area contributed by atoms with Crippen LogP contribution in [-0.2, 0) is 30.3 Å². The maximum absolute atomic E-state index is 14.8. The second-order valence-electron chi connectivity index (χ2n) is 11.4. The Morgan fingerprint density at radius 2 is 1.98 bits per heavy atom. The van der Waals surface area contributed by atoms with Crippen molar-refractivity contribution in [3.05, 3.63) is 77.3 Å². The molecule has 6 atom stereocenters. The molecule has 2 aromatic carbocycles. The molecule has 2 aromatic rings. The molecule has 3 aliphatic rings. The van der Waals surface area contributed by atoms with Crippen LogP contribution in [0.4, 0.5) is 5.69 Å². The lowest BCUT2D eigenvalue weighted by molar-refractivity contribution is -0.160. The van der Waals surface area contributed by atoms with Crippen LogP contribution in [0.25, 0.3) is 0 Å². The summed E-state index contributed by atoms with van der Waals surface area (Å²) in [4.78, 5) is 45.7. The first-order valence-corrected chi connectivity index (χ1v) is 14.5. The van der Waals surface area contributed by atoms with Gasteiger partial charge in [-0.2, -0.15) is 0 Å². The number of esters is 1. The molecule has 9 heteroatoms. The number of ether oxygens (including phenoxy) is 2. The molecule has 2 bridgehead atoms. The van der Waals surface area contributed by atoms with E-state index < -0.39 is 47.0 Å². The standard InChI is InChI=1S/C32H37ClN2O6/c1-5-17-34(26-20(3)11-10-14-23(26)33)29(38)27-32-16-15-31(4,41-32)25(30(39)40-6-2)24(32)28(37)35(27)22(19-36)18-21-12-8-7-9-13-21/h5,7-14,22,24-25,27,36H,1,6,15-19H2,2-4H3/t22-,24+,25-,27?,31+,32?/m1/s1. The van der Waals surface area contributed by atoms with Crippen molar-refractivity contribution in [2.24, 2.45) is 11.8 Å². The summed E-state index contributed by atoms with van der Waals surface area (Å²) < 4.78 is 12.1. The number of rotatable bonds is 10. The number of para-hydroxylation sites is 1. The van der Waals surface area contributed by atoms with Crippen LogP contribution >= 0.6 is 11.6 Å². The molecule has 0 radical (unpaired) electrons. The second-order valence-corrected chi connectivity index (χ2v) is 11.8. The summed E-state index contributed by atoms with van der Waals surface area (Å²) in [5.41, 5.74) is 0.00174. The van der Waals surface area contributed by atoms with E-state index in [1.807, 2.05) is 56.3 Å². The first kappa shape index (κ1) is 29.3. The Hall–Kier alpha value is -3.20. The van der Waals surface area contributed by atoms with Crippen molar-refractivity contribution in [1.82, 2.24) is 4.90 Å². The molecule has 5 rings (SSSR count). The molecular weight excluding hydrogens is 544 g/mol. The van der Waals surface area contributed by atoms with E-state index in [9.17, 15) is 19.5 Å². The Labute approximate surface area is 245 Å². The molecule has 3 aliphatic heterocycles. The van der Waals surface area contributed by atoms with Crippen LogP contribution in [0, 0.1) is 18.8 Å². The van der Waals surface area contributed by atoms with Crippen molar-refractivity contribution < 1.29 is 29.0 Å². The zero-order valence-corrected chi connectivity index (χ0v) is 24.5. The van der Waals surface area contributed by atoms with Crippen LogP contribution < -0.4 is 4.90 Å². The number of likely N-dealkylation sites (tertiary alicyclic amines) is 1. The van der Waals surface area contributed by atoms with Crippen molar-refractivity contribution in [3.63, 3.8) is 0 Å². The van der Waals surface area contributed by atoms with Crippen LogP contribution in [0.2, 0.25) is 5.02 Å². The highest BCUT2D eigenvalue weighted by Gasteiger charge is 2.79. The Morgan fingerprint density at radius 3 is 2.61 bits per heavy atom. The van der Waals surface area contributed by atoms with Crippen LogP contribution in [-0.4, -0.2) is 70.8 Å². The number of anilines is 1. The second kappa shape index (κ2) is 11.2. The monoisotopic (exact) mass is 580 g/mol. The Balaban J connectivity index is 1.66. The maximum Gasteiger partial charge on any atom is 0.312 e. The average Bonchev–Trinajstić information content (AvgIpc) is 3.52. The number of hydrogen-bond donors (Lipinski definition) is 1. The molecule has 41 heavy (non-hydrogen) atoms. The molecule has 1 N–H and O–H groups in total. The van der Waals surface area contributed by atoms with Gasteiger partial charge in [0.15, 0.2) is 0 Å². The minimum atomic E-state index is -1.26. The molecule has 218 valence electrons. The fraction of sp³-hybridized carbons (Fsp3) is 0.469. The number of aliphatic hydroxyl groups excluding tert-OH is 1. The summed E-state index contributed by atoms with van der Waals surface area (Å²) in [6.07, 6.45) is 2.84. The zero-order valence-electron chi connectivity index (χ0n) is 23.7. The van der Waals surface area contributed by atoms with Gasteiger partial charge >= 0.3 is 5.97 Å². The van der Waals surface area contributed by atoms with Gasteiger partial charge in [0, 0.05) is 6.54 Å². The number of halogens is 1. The minimum Gasteiger partial charge on any atom is -0.466 e. The van der Waals surface area contributed by atoms with Crippen LogP contribution in [0.1, 0.15) is 37.8 Å². The predicted molar refractivity (Wildman–Crippen MR) is 155 cm³/mol. The number of benzene rings is 2. The van der Waals surface area contributed by atoms with Gasteiger partial charge < -0.3 is 24.4 Å². The van der Waals surface area contributed by atoms with Gasteiger partial charge in [0.25, 0.3) is 5.91 Å². The van der Waals surface area contributed by atoms with E-state index in [0.717, 1.165) is 11.1 Å². The molecule has 0 aromatic heterocycles. The van der Waals surface area contributed by atoms with Crippen LogP contribution in [0.5, 0.6) is 0 Å². The summed E-state index contributed by atoms with van der Waals surface area (Å²) >= 11 is 6.64. The number of aryl methyl sites for hydroxylation is 1. The minimum absolute atomic E-state index is 0.143. The number of fused-ring (bicyclic) bond motifs is 1. The Morgan fingerprint density at radius 1 is 1.24 bits per heavy atom. The summed E-state index contributed by atoms with van der Waals surface area (Å²) in [7, 11) is 0. The van der Waals surface area contributed by atoms with Crippen molar-refractivity contribution in [2.75, 3.05) is 24.7 Å². The van der Waals surface area contributed by atoms with E-state index in [0.29, 0.717) is 30.0 Å². The molecule has 0 saturated carbocycles. The normalized spacial score (nSPS) is 28.9. The van der Waals surface area contributed by atoms with E-state index in [4.69, 9.17) is 21.1 Å². The number of carbonyl (C=O) groups is 3. The molecule has 1 spiro atoms. The highest BCUT2D eigenvalue weighted by molar-refractivity contribution is 6.34. The highest BCUT2D eigenvalue weighted by Crippen LogP contribution is 2.64. The first-order valence-electron chi connectivity index (χ1n) is 14.1. The van der Waals surface area contributed by atoms with Crippen molar-refractivity contribution in [2.45, 2.75) is 63.3 Å². The lowest BCUT2D eigenvalue weighted by Crippen LogP contribution is -2.59. The van der Waals surface area contributed by atoms with Gasteiger partial charge in [0.05, 0.1) is 41.5 Å². The first-order chi connectivity index (χ1) is 19.6. The smallest absolute Gasteiger partial charge is 0.312 e. The van der Waals surface area contributed by atoms with E-state index in [1.54, 1.807) is 24.0 Å². The maximum atomic E-state index is 14.8. The van der Waals surface area contributed by atoms with Crippen LogP contribution in [0.15, 0.2) is 61.2 Å². The lowest BCUT2D eigenvalue weighted by Gasteiger charge is -2.40. The largest absolute Gasteiger partial charge is 0.466 e. The third kappa shape index (κ3) is 4.66. The predicted octanol–water partition coefficient (Wildman–Crippen LogP) is 4.10. The number of amides is 2. The summed E-state index contributed by atoms with van der Waals surface area (Å²) in [6.45, 7) is 9.21. The molecule has 3 saturated heterocycles. The van der Waals surface area contributed by atoms with Gasteiger partial charge in [-0.15, -0.1) is 6.58 Å². The fourth-order valence-electron chi connectivity index (χ4n) is 7.30. The molecule has 0 aliphatic carbocycles. The Kier molecular flexibility index (Phi) is 8.03. The molecule has 2 amide bonds. The number of aliphatic hydroxyl groups is 1. The van der Waals surface area contributed by atoms with E-state index >= 15 is 0 Å². The molecule has 8 nitrogen and oxygen atoms in total. The SMILES string of the molecule is C=CCN(C(=O)C1N([C@@H](CO)Cc2ccccc2)C(=O)[C@@H]2[C@H](C(=O)OCC)[C@]3(C)CCC12O3)c1c(C)cccc1Cl. The zero-order chi connectivity index (χ0) is 29.5. The van der Waals surface area contributed by atoms with Crippen LogP contribution in [0.3, 0.4) is 0 Å². The van der Waals surface area contributed by atoms with E-state index in [-0.39, 0.29) is 25.7 Å². The van der Waals surface area contributed by atoms with Gasteiger partial charge in [0.2, 0.25) is 5.91 Å². The third-order valence-corrected chi connectivity index (χ3v) is 9.25. The fourth-order valence-corrected chi connectivity index (χ4v) is 7.62. The average molecular weight is 581 g/mol. The number of carbonyl (C=O) groups excluding carboxylic acids is 3. The summed E-state index contributed by atoms with van der Waals surface area (Å²) in [5, 5.41) is 11.1.